The Morgan fingerprint density at radius 2 is 2.25 bits per heavy atom. The van der Waals surface area contributed by atoms with E-state index < -0.39 is 6.10 Å². The Labute approximate surface area is 131 Å². The van der Waals surface area contributed by atoms with Crippen molar-refractivity contribution >= 4 is 40.2 Å². The Hall–Kier alpha value is -1.08. The van der Waals surface area contributed by atoms with Gasteiger partial charge >= 0.3 is 0 Å². The average Bonchev–Trinajstić information content (AvgIpc) is 3.10. The fraction of sp³-hybridized carbons (Fsp3) is 0.308. The Balaban J connectivity index is 1.79. The van der Waals surface area contributed by atoms with Crippen molar-refractivity contribution in [2.24, 2.45) is 4.99 Å². The zero-order valence-electron chi connectivity index (χ0n) is 11.0. The summed E-state index contributed by atoms with van der Waals surface area (Å²) in [5, 5.41) is 20.5. The van der Waals surface area contributed by atoms with Gasteiger partial charge in [0.15, 0.2) is 5.96 Å². The molecule has 3 N–H and O–H groups in total. The maximum atomic E-state index is 10.0. The standard InChI is InChI=1S/C13H16ClN3OS2/c1-15-13(16-6-9-4-5-19-8-9)17-7-10(18)11-2-3-12(14)20-11/h2-5,8,10,18H,6-7H2,1H3,(H2,15,16,17). The van der Waals surface area contributed by atoms with Crippen molar-refractivity contribution in [1.82, 2.24) is 10.6 Å². The van der Waals surface area contributed by atoms with E-state index in [1.807, 2.05) is 11.4 Å². The van der Waals surface area contributed by atoms with Crippen LogP contribution in [0.1, 0.15) is 16.5 Å². The first-order chi connectivity index (χ1) is 9.69. The maximum absolute atomic E-state index is 10.0. The summed E-state index contributed by atoms with van der Waals surface area (Å²) in [6.07, 6.45) is -0.591. The first-order valence-electron chi connectivity index (χ1n) is 6.08. The first-order valence-corrected chi connectivity index (χ1v) is 8.21. The second-order valence-corrected chi connectivity index (χ2v) is 6.62. The highest BCUT2D eigenvalue weighted by Gasteiger charge is 2.10. The van der Waals surface area contributed by atoms with Crippen molar-refractivity contribution in [3.8, 4) is 0 Å². The lowest BCUT2D eigenvalue weighted by Gasteiger charge is -2.14. The molecule has 0 fully saturated rings. The minimum Gasteiger partial charge on any atom is -0.386 e. The molecule has 0 saturated heterocycles. The molecule has 0 aromatic carbocycles. The number of aliphatic hydroxyl groups excluding tert-OH is 1. The van der Waals surface area contributed by atoms with Crippen LogP contribution in [0.3, 0.4) is 0 Å². The monoisotopic (exact) mass is 329 g/mol. The average molecular weight is 330 g/mol. The van der Waals surface area contributed by atoms with E-state index in [1.54, 1.807) is 24.5 Å². The fourth-order valence-corrected chi connectivity index (χ4v) is 3.32. The molecule has 0 bridgehead atoms. The predicted molar refractivity (Wildman–Crippen MR) is 86.8 cm³/mol. The quantitative estimate of drug-likeness (QED) is 0.584. The smallest absolute Gasteiger partial charge is 0.191 e. The number of rotatable bonds is 5. The minimum atomic E-state index is -0.591. The van der Waals surface area contributed by atoms with E-state index in [1.165, 1.54) is 16.9 Å². The summed E-state index contributed by atoms with van der Waals surface area (Å²) in [5.41, 5.74) is 1.21. The Bertz CT molecular complexity index is 554. The van der Waals surface area contributed by atoms with Gasteiger partial charge in [0.05, 0.1) is 4.34 Å². The molecule has 0 amide bonds. The van der Waals surface area contributed by atoms with Crippen molar-refractivity contribution < 1.29 is 5.11 Å². The van der Waals surface area contributed by atoms with Crippen LogP contribution in [0.2, 0.25) is 4.34 Å². The third kappa shape index (κ3) is 4.49. The summed E-state index contributed by atoms with van der Waals surface area (Å²) in [6.45, 7) is 1.10. The molecule has 1 atom stereocenters. The molecular weight excluding hydrogens is 314 g/mol. The number of thiophene rings is 2. The number of aliphatic hydroxyl groups is 1. The largest absolute Gasteiger partial charge is 0.386 e. The number of aliphatic imine (C=N–C) groups is 1. The molecule has 20 heavy (non-hydrogen) atoms. The van der Waals surface area contributed by atoms with E-state index in [0.29, 0.717) is 23.4 Å². The number of guanidine groups is 1. The summed E-state index contributed by atoms with van der Waals surface area (Å²) in [7, 11) is 1.71. The van der Waals surface area contributed by atoms with Crippen LogP contribution in [0.5, 0.6) is 0 Å². The van der Waals surface area contributed by atoms with E-state index in [4.69, 9.17) is 11.6 Å². The summed E-state index contributed by atoms with van der Waals surface area (Å²) >= 11 is 8.90. The Morgan fingerprint density at radius 3 is 2.85 bits per heavy atom. The van der Waals surface area contributed by atoms with E-state index in [2.05, 4.69) is 27.1 Å². The number of halogens is 1. The molecule has 0 aliphatic heterocycles. The van der Waals surface area contributed by atoms with E-state index in [-0.39, 0.29) is 0 Å². The normalized spacial score (nSPS) is 13.2. The second-order valence-electron chi connectivity index (χ2n) is 4.10. The van der Waals surface area contributed by atoms with Crippen LogP contribution in [-0.4, -0.2) is 24.7 Å². The highest BCUT2D eigenvalue weighted by atomic mass is 35.5. The lowest BCUT2D eigenvalue weighted by atomic mass is 10.3. The number of nitrogens with one attached hydrogen (secondary N) is 2. The third-order valence-corrected chi connectivity index (χ3v) is 4.71. The molecule has 2 aromatic rings. The molecule has 1 unspecified atom stereocenters. The van der Waals surface area contributed by atoms with Gasteiger partial charge in [-0.2, -0.15) is 11.3 Å². The first kappa shape index (κ1) is 15.3. The number of hydrogen-bond donors (Lipinski definition) is 3. The van der Waals surface area contributed by atoms with Crippen LogP contribution in [0, 0.1) is 0 Å². The minimum absolute atomic E-state index is 0.389. The molecule has 2 aromatic heterocycles. The van der Waals surface area contributed by atoms with Gasteiger partial charge in [0, 0.05) is 25.0 Å². The van der Waals surface area contributed by atoms with E-state index >= 15 is 0 Å². The molecule has 0 spiro atoms. The lowest BCUT2D eigenvalue weighted by molar-refractivity contribution is 0.184. The fourth-order valence-electron chi connectivity index (χ4n) is 1.60. The summed E-state index contributed by atoms with van der Waals surface area (Å²) in [6, 6.07) is 5.68. The summed E-state index contributed by atoms with van der Waals surface area (Å²) in [5.74, 6) is 0.665. The molecule has 108 valence electrons. The van der Waals surface area contributed by atoms with E-state index in [9.17, 15) is 5.11 Å². The molecule has 0 saturated carbocycles. The van der Waals surface area contributed by atoms with Crippen LogP contribution in [0.15, 0.2) is 34.0 Å². The van der Waals surface area contributed by atoms with Crippen molar-refractivity contribution in [2.45, 2.75) is 12.6 Å². The zero-order valence-corrected chi connectivity index (χ0v) is 13.4. The van der Waals surface area contributed by atoms with Crippen molar-refractivity contribution in [2.75, 3.05) is 13.6 Å². The van der Waals surface area contributed by atoms with Crippen LogP contribution in [0.25, 0.3) is 0 Å². The van der Waals surface area contributed by atoms with Gasteiger partial charge in [0.2, 0.25) is 0 Å². The van der Waals surface area contributed by atoms with Gasteiger partial charge < -0.3 is 15.7 Å². The predicted octanol–water partition coefficient (Wildman–Crippen LogP) is 2.86. The van der Waals surface area contributed by atoms with Gasteiger partial charge in [-0.05, 0) is 34.5 Å². The molecule has 4 nitrogen and oxygen atoms in total. The Morgan fingerprint density at radius 1 is 1.40 bits per heavy atom. The maximum Gasteiger partial charge on any atom is 0.191 e. The molecular formula is C13H16ClN3OS2. The van der Waals surface area contributed by atoms with Gasteiger partial charge in [-0.3, -0.25) is 4.99 Å². The van der Waals surface area contributed by atoms with Gasteiger partial charge in [0.1, 0.15) is 6.10 Å². The number of nitrogens with zero attached hydrogens (tertiary/aromatic N) is 1. The highest BCUT2D eigenvalue weighted by Crippen LogP contribution is 2.26. The zero-order chi connectivity index (χ0) is 14.4. The van der Waals surface area contributed by atoms with Crippen LogP contribution >= 0.6 is 34.3 Å². The molecule has 2 rings (SSSR count). The van der Waals surface area contributed by atoms with Gasteiger partial charge in [-0.15, -0.1) is 11.3 Å². The second kappa shape index (κ2) is 7.64. The topological polar surface area (TPSA) is 56.7 Å². The van der Waals surface area contributed by atoms with Crippen molar-refractivity contribution in [3.63, 3.8) is 0 Å². The van der Waals surface area contributed by atoms with Crippen molar-refractivity contribution in [1.29, 1.82) is 0 Å². The van der Waals surface area contributed by atoms with Gasteiger partial charge in [-0.1, -0.05) is 11.6 Å². The molecule has 0 aliphatic carbocycles. The van der Waals surface area contributed by atoms with Gasteiger partial charge in [0.25, 0.3) is 0 Å². The highest BCUT2D eigenvalue weighted by molar-refractivity contribution is 7.16. The number of hydrogen-bond acceptors (Lipinski definition) is 4. The van der Waals surface area contributed by atoms with E-state index in [0.717, 1.165) is 4.88 Å². The summed E-state index contributed by atoms with van der Waals surface area (Å²) < 4.78 is 0.680. The van der Waals surface area contributed by atoms with Gasteiger partial charge in [-0.25, -0.2) is 0 Å². The SMILES string of the molecule is CN=C(NCc1ccsc1)NCC(O)c1ccc(Cl)s1. The van der Waals surface area contributed by atoms with Crippen LogP contribution < -0.4 is 10.6 Å². The Kier molecular flexibility index (Phi) is 5.85. The molecule has 2 heterocycles. The lowest BCUT2D eigenvalue weighted by Crippen LogP contribution is -2.38. The third-order valence-electron chi connectivity index (χ3n) is 2.65. The van der Waals surface area contributed by atoms with Crippen molar-refractivity contribution in [3.05, 3.63) is 43.7 Å². The molecule has 0 radical (unpaired) electrons. The molecule has 7 heteroatoms. The van der Waals surface area contributed by atoms with Crippen LogP contribution in [0.4, 0.5) is 0 Å². The summed E-state index contributed by atoms with van der Waals surface area (Å²) in [4.78, 5) is 4.97. The van der Waals surface area contributed by atoms with Crippen LogP contribution in [-0.2, 0) is 6.54 Å². The molecule has 0 aliphatic rings.